The summed E-state index contributed by atoms with van der Waals surface area (Å²) in [5, 5.41) is 3.24. The zero-order chi connectivity index (χ0) is 17.1. The SMILES string of the molecule is O=C(c1cnc(NC2CC2)nc1)N1CCC(Cc2ccccc2)CC1. The third-order valence-corrected chi connectivity index (χ3v) is 5.08. The van der Waals surface area contributed by atoms with Crippen molar-refractivity contribution in [3.05, 3.63) is 53.9 Å². The molecule has 0 bridgehead atoms. The highest BCUT2D eigenvalue weighted by atomic mass is 16.2. The van der Waals surface area contributed by atoms with Crippen LogP contribution < -0.4 is 5.32 Å². The Hall–Kier alpha value is -2.43. The molecule has 5 nitrogen and oxygen atoms in total. The number of hydrogen-bond acceptors (Lipinski definition) is 4. The first-order valence-corrected chi connectivity index (χ1v) is 9.20. The zero-order valence-corrected chi connectivity index (χ0v) is 14.4. The average Bonchev–Trinajstić information content (AvgIpc) is 3.47. The summed E-state index contributed by atoms with van der Waals surface area (Å²) in [4.78, 5) is 23.1. The van der Waals surface area contributed by atoms with Crippen molar-refractivity contribution in [3.63, 3.8) is 0 Å². The van der Waals surface area contributed by atoms with Crippen LogP contribution in [-0.2, 0) is 6.42 Å². The van der Waals surface area contributed by atoms with E-state index in [2.05, 4.69) is 45.6 Å². The summed E-state index contributed by atoms with van der Waals surface area (Å²) < 4.78 is 0. The van der Waals surface area contributed by atoms with Crippen molar-refractivity contribution in [1.29, 1.82) is 0 Å². The van der Waals surface area contributed by atoms with Gasteiger partial charge < -0.3 is 10.2 Å². The van der Waals surface area contributed by atoms with Crippen LogP contribution in [0, 0.1) is 5.92 Å². The number of piperidine rings is 1. The fourth-order valence-electron chi connectivity index (χ4n) is 3.39. The summed E-state index contributed by atoms with van der Waals surface area (Å²) in [6.45, 7) is 1.64. The second kappa shape index (κ2) is 7.21. The molecule has 0 atom stereocenters. The Balaban J connectivity index is 1.30. The zero-order valence-electron chi connectivity index (χ0n) is 14.4. The molecule has 0 radical (unpaired) electrons. The summed E-state index contributed by atoms with van der Waals surface area (Å²) in [7, 11) is 0. The van der Waals surface area contributed by atoms with E-state index < -0.39 is 0 Å². The second-order valence-electron chi connectivity index (χ2n) is 7.14. The van der Waals surface area contributed by atoms with Crippen molar-refractivity contribution in [2.45, 2.75) is 38.1 Å². The van der Waals surface area contributed by atoms with Gasteiger partial charge in [0.1, 0.15) is 0 Å². The molecule has 1 amide bonds. The monoisotopic (exact) mass is 336 g/mol. The molecule has 0 spiro atoms. The van der Waals surface area contributed by atoms with Gasteiger partial charge >= 0.3 is 0 Å². The fraction of sp³-hybridized carbons (Fsp3) is 0.450. The molecule has 1 saturated heterocycles. The molecule has 2 aromatic rings. The van der Waals surface area contributed by atoms with Crippen LogP contribution in [0.2, 0.25) is 0 Å². The van der Waals surface area contributed by atoms with E-state index in [0.717, 1.165) is 32.4 Å². The summed E-state index contributed by atoms with van der Waals surface area (Å²) in [6.07, 6.45) is 8.88. The van der Waals surface area contributed by atoms with E-state index in [0.29, 0.717) is 23.5 Å². The maximum atomic E-state index is 12.6. The molecule has 130 valence electrons. The van der Waals surface area contributed by atoms with Gasteiger partial charge in [0.15, 0.2) is 0 Å². The van der Waals surface area contributed by atoms with Gasteiger partial charge in [-0.25, -0.2) is 9.97 Å². The van der Waals surface area contributed by atoms with Crippen LogP contribution in [0.15, 0.2) is 42.7 Å². The van der Waals surface area contributed by atoms with Gasteiger partial charge in [-0.3, -0.25) is 4.79 Å². The van der Waals surface area contributed by atoms with Gasteiger partial charge in [-0.2, -0.15) is 0 Å². The predicted octanol–water partition coefficient (Wildman–Crippen LogP) is 3.15. The Morgan fingerprint density at radius 3 is 2.36 bits per heavy atom. The Kier molecular flexibility index (Phi) is 4.63. The molecule has 2 aliphatic rings. The van der Waals surface area contributed by atoms with Gasteiger partial charge in [0.05, 0.1) is 5.56 Å². The molecule has 1 aromatic carbocycles. The first-order chi connectivity index (χ1) is 12.3. The molecule has 25 heavy (non-hydrogen) atoms. The van der Waals surface area contributed by atoms with Crippen LogP contribution in [0.1, 0.15) is 41.6 Å². The number of carbonyl (C=O) groups excluding carboxylic acids is 1. The Labute approximate surface area is 148 Å². The molecular formula is C20H24N4O. The fourth-order valence-corrected chi connectivity index (χ4v) is 3.39. The molecule has 2 fully saturated rings. The maximum Gasteiger partial charge on any atom is 0.256 e. The van der Waals surface area contributed by atoms with E-state index in [4.69, 9.17) is 0 Å². The third-order valence-electron chi connectivity index (χ3n) is 5.08. The van der Waals surface area contributed by atoms with Crippen LogP contribution in [0.3, 0.4) is 0 Å². The maximum absolute atomic E-state index is 12.6. The van der Waals surface area contributed by atoms with Gasteiger partial charge in [-0.15, -0.1) is 0 Å². The molecule has 4 rings (SSSR count). The lowest BCUT2D eigenvalue weighted by atomic mass is 9.90. The minimum Gasteiger partial charge on any atom is -0.351 e. The molecule has 1 aliphatic carbocycles. The van der Waals surface area contributed by atoms with E-state index in [1.807, 2.05) is 4.90 Å². The number of hydrogen-bond donors (Lipinski definition) is 1. The smallest absolute Gasteiger partial charge is 0.256 e. The molecular weight excluding hydrogens is 312 g/mol. The lowest BCUT2D eigenvalue weighted by Crippen LogP contribution is -2.39. The lowest BCUT2D eigenvalue weighted by molar-refractivity contribution is 0.0689. The molecule has 5 heteroatoms. The van der Waals surface area contributed by atoms with E-state index >= 15 is 0 Å². The Morgan fingerprint density at radius 1 is 1.04 bits per heavy atom. The normalized spacial score (nSPS) is 18.2. The van der Waals surface area contributed by atoms with Gasteiger partial charge in [0.25, 0.3) is 5.91 Å². The highest BCUT2D eigenvalue weighted by Gasteiger charge is 2.25. The average molecular weight is 336 g/mol. The van der Waals surface area contributed by atoms with E-state index in [1.54, 1.807) is 12.4 Å². The summed E-state index contributed by atoms with van der Waals surface area (Å²) >= 11 is 0. The molecule has 0 unspecified atom stereocenters. The quantitative estimate of drug-likeness (QED) is 0.911. The molecule has 1 aliphatic heterocycles. The third kappa shape index (κ3) is 4.16. The molecule has 2 heterocycles. The van der Waals surface area contributed by atoms with Gasteiger partial charge in [0.2, 0.25) is 5.95 Å². The van der Waals surface area contributed by atoms with Crippen molar-refractivity contribution in [2.24, 2.45) is 5.92 Å². The second-order valence-corrected chi connectivity index (χ2v) is 7.14. The number of anilines is 1. The number of rotatable bonds is 5. The number of carbonyl (C=O) groups is 1. The van der Waals surface area contributed by atoms with Crippen molar-refractivity contribution < 1.29 is 4.79 Å². The number of nitrogens with one attached hydrogen (secondary N) is 1. The van der Waals surface area contributed by atoms with Crippen LogP contribution in [-0.4, -0.2) is 39.9 Å². The largest absolute Gasteiger partial charge is 0.351 e. The van der Waals surface area contributed by atoms with E-state index in [1.165, 1.54) is 18.4 Å². The number of likely N-dealkylation sites (tertiary alicyclic amines) is 1. The van der Waals surface area contributed by atoms with E-state index in [9.17, 15) is 4.79 Å². The van der Waals surface area contributed by atoms with Gasteiger partial charge in [-0.05, 0) is 43.6 Å². The van der Waals surface area contributed by atoms with Crippen LogP contribution in [0.5, 0.6) is 0 Å². The summed E-state index contributed by atoms with van der Waals surface area (Å²) in [5.74, 6) is 1.34. The number of benzene rings is 1. The summed E-state index contributed by atoms with van der Waals surface area (Å²) in [5.41, 5.74) is 1.97. The highest BCUT2D eigenvalue weighted by Crippen LogP contribution is 2.24. The molecule has 1 saturated carbocycles. The number of amides is 1. The van der Waals surface area contributed by atoms with Crippen molar-refractivity contribution in [3.8, 4) is 0 Å². The minimum absolute atomic E-state index is 0.0520. The lowest BCUT2D eigenvalue weighted by Gasteiger charge is -2.32. The van der Waals surface area contributed by atoms with Crippen molar-refractivity contribution in [1.82, 2.24) is 14.9 Å². The summed E-state index contributed by atoms with van der Waals surface area (Å²) in [6, 6.07) is 11.1. The number of aromatic nitrogens is 2. The predicted molar refractivity (Wildman–Crippen MR) is 97.5 cm³/mol. The Bertz CT molecular complexity index is 704. The number of nitrogens with zero attached hydrogens (tertiary/aromatic N) is 3. The minimum atomic E-state index is 0.0520. The van der Waals surface area contributed by atoms with Gasteiger partial charge in [-0.1, -0.05) is 30.3 Å². The first kappa shape index (κ1) is 16.1. The standard InChI is InChI=1S/C20H24N4O/c25-19(17-13-21-20(22-14-17)23-18-6-7-18)24-10-8-16(9-11-24)12-15-4-2-1-3-5-15/h1-5,13-14,16,18H,6-12H2,(H,21,22,23). The molecule has 1 N–H and O–H groups in total. The first-order valence-electron chi connectivity index (χ1n) is 9.20. The van der Waals surface area contributed by atoms with Gasteiger partial charge in [0, 0.05) is 31.5 Å². The van der Waals surface area contributed by atoms with Crippen LogP contribution in [0.4, 0.5) is 5.95 Å². The van der Waals surface area contributed by atoms with Crippen molar-refractivity contribution >= 4 is 11.9 Å². The Morgan fingerprint density at radius 2 is 1.72 bits per heavy atom. The highest BCUT2D eigenvalue weighted by molar-refractivity contribution is 5.93. The topological polar surface area (TPSA) is 58.1 Å². The van der Waals surface area contributed by atoms with Crippen molar-refractivity contribution in [2.75, 3.05) is 18.4 Å². The van der Waals surface area contributed by atoms with E-state index in [-0.39, 0.29) is 5.91 Å². The molecule has 1 aromatic heterocycles. The van der Waals surface area contributed by atoms with Crippen LogP contribution >= 0.6 is 0 Å². The van der Waals surface area contributed by atoms with Crippen LogP contribution in [0.25, 0.3) is 0 Å².